The monoisotopic (exact) mass is 248 g/mol. The summed E-state index contributed by atoms with van der Waals surface area (Å²) in [5.74, 6) is 0.449. The van der Waals surface area contributed by atoms with Gasteiger partial charge in [0.15, 0.2) is 0 Å². The zero-order chi connectivity index (χ0) is 13.0. The Balaban J connectivity index is 2.03. The normalized spacial score (nSPS) is 15.9. The van der Waals surface area contributed by atoms with Crippen molar-refractivity contribution in [3.05, 3.63) is 18.1 Å². The lowest BCUT2D eigenvalue weighted by atomic mass is 10.1. The van der Waals surface area contributed by atoms with Gasteiger partial charge in [-0.25, -0.2) is 4.98 Å². The van der Waals surface area contributed by atoms with Gasteiger partial charge in [0.1, 0.15) is 5.82 Å². The van der Waals surface area contributed by atoms with Crippen molar-refractivity contribution in [2.45, 2.75) is 32.7 Å². The summed E-state index contributed by atoms with van der Waals surface area (Å²) in [5, 5.41) is 3.03. The van der Waals surface area contributed by atoms with Crippen LogP contribution >= 0.6 is 0 Å². The molecule has 0 saturated carbocycles. The molecule has 0 atom stereocenters. The van der Waals surface area contributed by atoms with Crippen LogP contribution in [-0.2, 0) is 16.1 Å². The quantitative estimate of drug-likeness (QED) is 0.803. The maximum absolute atomic E-state index is 11.6. The fourth-order valence-corrected chi connectivity index (χ4v) is 1.85. The number of imide groups is 1. The van der Waals surface area contributed by atoms with Crippen molar-refractivity contribution in [1.82, 2.24) is 14.9 Å². The van der Waals surface area contributed by atoms with Crippen molar-refractivity contribution in [3.63, 3.8) is 0 Å². The van der Waals surface area contributed by atoms with E-state index in [-0.39, 0.29) is 18.4 Å². The number of rotatable bonds is 4. The molecule has 1 fully saturated rings. The summed E-state index contributed by atoms with van der Waals surface area (Å²) >= 11 is 0. The lowest BCUT2D eigenvalue weighted by Crippen LogP contribution is -2.39. The second-order valence-electron chi connectivity index (χ2n) is 4.15. The van der Waals surface area contributed by atoms with Crippen LogP contribution in [0.2, 0.25) is 0 Å². The van der Waals surface area contributed by atoms with E-state index in [0.29, 0.717) is 30.8 Å². The molecule has 0 spiro atoms. The Bertz CT molecular complexity index is 428. The van der Waals surface area contributed by atoms with Gasteiger partial charge in [-0.3, -0.25) is 19.5 Å². The fraction of sp³-hybridized carbons (Fsp3) is 0.500. The molecule has 1 aromatic heterocycles. The first-order valence-electron chi connectivity index (χ1n) is 6.08. The number of amides is 2. The van der Waals surface area contributed by atoms with Gasteiger partial charge in [0.05, 0.1) is 24.6 Å². The summed E-state index contributed by atoms with van der Waals surface area (Å²) in [7, 11) is 0. The molecule has 0 aromatic carbocycles. The van der Waals surface area contributed by atoms with Crippen LogP contribution in [0, 0.1) is 0 Å². The van der Waals surface area contributed by atoms with Gasteiger partial charge in [-0.2, -0.15) is 0 Å². The molecule has 0 radical (unpaired) electrons. The highest BCUT2D eigenvalue weighted by molar-refractivity contribution is 5.97. The van der Waals surface area contributed by atoms with Gasteiger partial charge >= 0.3 is 0 Å². The van der Waals surface area contributed by atoms with E-state index in [1.165, 1.54) is 4.90 Å². The summed E-state index contributed by atoms with van der Waals surface area (Å²) in [6, 6.07) is 0. The molecule has 6 heteroatoms. The first kappa shape index (κ1) is 12.5. The fourth-order valence-electron chi connectivity index (χ4n) is 1.85. The van der Waals surface area contributed by atoms with Crippen molar-refractivity contribution in [3.8, 4) is 0 Å². The van der Waals surface area contributed by atoms with Crippen LogP contribution in [0.5, 0.6) is 0 Å². The average molecular weight is 248 g/mol. The third-order valence-corrected chi connectivity index (χ3v) is 2.77. The summed E-state index contributed by atoms with van der Waals surface area (Å²) in [4.78, 5) is 32.9. The molecule has 1 N–H and O–H groups in total. The topological polar surface area (TPSA) is 75.2 Å². The molecule has 1 aliphatic heterocycles. The maximum Gasteiger partial charge on any atom is 0.229 e. The zero-order valence-corrected chi connectivity index (χ0v) is 10.3. The van der Waals surface area contributed by atoms with E-state index in [1.807, 2.05) is 6.92 Å². The van der Waals surface area contributed by atoms with Crippen LogP contribution in [0.3, 0.4) is 0 Å². The van der Waals surface area contributed by atoms with Gasteiger partial charge in [0.2, 0.25) is 11.8 Å². The number of nitrogens with one attached hydrogen (secondary N) is 1. The lowest BCUT2D eigenvalue weighted by molar-refractivity contribution is -0.148. The Hall–Kier alpha value is -1.98. The third-order valence-electron chi connectivity index (χ3n) is 2.77. The Kier molecular flexibility index (Phi) is 3.86. The maximum atomic E-state index is 11.6. The molecule has 1 aromatic rings. The van der Waals surface area contributed by atoms with E-state index in [2.05, 4.69) is 15.3 Å². The van der Waals surface area contributed by atoms with Crippen molar-refractivity contribution < 1.29 is 9.59 Å². The number of aromatic nitrogens is 2. The van der Waals surface area contributed by atoms with Crippen LogP contribution in [-0.4, -0.2) is 33.2 Å². The molecule has 18 heavy (non-hydrogen) atoms. The number of nitrogens with zero attached hydrogens (tertiary/aromatic N) is 3. The molecule has 1 saturated heterocycles. The van der Waals surface area contributed by atoms with Gasteiger partial charge in [-0.1, -0.05) is 0 Å². The van der Waals surface area contributed by atoms with E-state index in [0.717, 1.165) is 6.54 Å². The summed E-state index contributed by atoms with van der Waals surface area (Å²) in [6.07, 6.45) is 4.73. The van der Waals surface area contributed by atoms with Crippen molar-refractivity contribution >= 4 is 17.6 Å². The van der Waals surface area contributed by atoms with Crippen LogP contribution in [0.1, 0.15) is 31.9 Å². The lowest BCUT2D eigenvalue weighted by Gasteiger charge is -2.24. The van der Waals surface area contributed by atoms with Crippen molar-refractivity contribution in [2.75, 3.05) is 11.9 Å². The first-order valence-corrected chi connectivity index (χ1v) is 6.08. The Morgan fingerprint density at radius 2 is 1.94 bits per heavy atom. The number of hydrogen-bond acceptors (Lipinski definition) is 5. The second-order valence-corrected chi connectivity index (χ2v) is 4.15. The Morgan fingerprint density at radius 3 is 2.50 bits per heavy atom. The molecular formula is C12H16N4O2. The summed E-state index contributed by atoms with van der Waals surface area (Å²) in [6.45, 7) is 2.97. The van der Waals surface area contributed by atoms with Crippen LogP contribution in [0.15, 0.2) is 12.4 Å². The van der Waals surface area contributed by atoms with Gasteiger partial charge in [-0.15, -0.1) is 0 Å². The molecule has 2 amide bonds. The first-order chi connectivity index (χ1) is 8.70. The highest BCUT2D eigenvalue weighted by Crippen LogP contribution is 2.14. The number of carbonyl (C=O) groups is 2. The van der Waals surface area contributed by atoms with Crippen LogP contribution in [0.25, 0.3) is 0 Å². The van der Waals surface area contributed by atoms with Gasteiger partial charge in [0, 0.05) is 19.4 Å². The van der Waals surface area contributed by atoms with Gasteiger partial charge < -0.3 is 5.32 Å². The molecule has 0 unspecified atom stereocenters. The smallest absolute Gasteiger partial charge is 0.229 e. The van der Waals surface area contributed by atoms with E-state index >= 15 is 0 Å². The van der Waals surface area contributed by atoms with Crippen molar-refractivity contribution in [1.29, 1.82) is 0 Å². The molecule has 1 aliphatic rings. The predicted molar refractivity (Wildman–Crippen MR) is 65.6 cm³/mol. The minimum Gasteiger partial charge on any atom is -0.369 e. The van der Waals surface area contributed by atoms with Gasteiger partial charge in [-0.05, 0) is 13.3 Å². The van der Waals surface area contributed by atoms with Crippen molar-refractivity contribution in [2.24, 2.45) is 0 Å². The molecule has 2 heterocycles. The zero-order valence-electron chi connectivity index (χ0n) is 10.3. The van der Waals surface area contributed by atoms with E-state index in [4.69, 9.17) is 0 Å². The molecular weight excluding hydrogens is 232 g/mol. The molecule has 2 rings (SSSR count). The average Bonchev–Trinajstić information content (AvgIpc) is 2.36. The number of likely N-dealkylation sites (tertiary alicyclic amines) is 1. The second kappa shape index (κ2) is 5.57. The molecule has 6 nitrogen and oxygen atoms in total. The standard InChI is InChI=1S/C12H16N4O2/c1-2-13-10-7-14-9(6-15-10)8-16-11(17)4-3-5-12(16)18/h6-7H,2-5,8H2,1H3,(H,13,15). The largest absolute Gasteiger partial charge is 0.369 e. The Morgan fingerprint density at radius 1 is 1.22 bits per heavy atom. The van der Waals surface area contributed by atoms with E-state index in [1.54, 1.807) is 12.4 Å². The predicted octanol–water partition coefficient (Wildman–Crippen LogP) is 0.948. The van der Waals surface area contributed by atoms with E-state index < -0.39 is 0 Å². The highest BCUT2D eigenvalue weighted by Gasteiger charge is 2.26. The minimum atomic E-state index is -0.121. The molecule has 0 aliphatic carbocycles. The third kappa shape index (κ3) is 2.82. The van der Waals surface area contributed by atoms with Crippen LogP contribution < -0.4 is 5.32 Å². The number of carbonyl (C=O) groups excluding carboxylic acids is 2. The number of anilines is 1. The summed E-state index contributed by atoms with van der Waals surface area (Å²) < 4.78 is 0. The van der Waals surface area contributed by atoms with Crippen LogP contribution in [0.4, 0.5) is 5.82 Å². The SMILES string of the molecule is CCNc1cnc(CN2C(=O)CCCC2=O)cn1. The number of piperidine rings is 1. The number of hydrogen-bond donors (Lipinski definition) is 1. The molecule has 96 valence electrons. The minimum absolute atomic E-state index is 0.121. The molecule has 0 bridgehead atoms. The summed E-state index contributed by atoms with van der Waals surface area (Å²) in [5.41, 5.74) is 0.625. The van der Waals surface area contributed by atoms with E-state index in [9.17, 15) is 9.59 Å². The van der Waals surface area contributed by atoms with Gasteiger partial charge in [0.25, 0.3) is 0 Å². The Labute approximate surface area is 105 Å². The highest BCUT2D eigenvalue weighted by atomic mass is 16.2.